The number of rotatable bonds is 5. The van der Waals surface area contributed by atoms with Crippen molar-refractivity contribution in [1.82, 2.24) is 5.32 Å². The molecule has 1 aromatic carbocycles. The zero-order valence-corrected chi connectivity index (χ0v) is 11.4. The van der Waals surface area contributed by atoms with E-state index in [1.807, 2.05) is 20.0 Å². The van der Waals surface area contributed by atoms with E-state index in [1.165, 1.54) is 19.3 Å². The van der Waals surface area contributed by atoms with Crippen LogP contribution in [0.3, 0.4) is 0 Å². The van der Waals surface area contributed by atoms with Gasteiger partial charge in [0.2, 0.25) is 0 Å². The molecule has 2 rings (SSSR count). The Bertz CT molecular complexity index is 386. The lowest BCUT2D eigenvalue weighted by Crippen LogP contribution is -2.44. The van der Waals surface area contributed by atoms with Gasteiger partial charge in [-0.3, -0.25) is 0 Å². The minimum Gasteiger partial charge on any atom is -0.384 e. The molecule has 0 bridgehead atoms. The number of hydrogen-bond acceptors (Lipinski definition) is 2. The Kier molecular flexibility index (Phi) is 3.95. The quantitative estimate of drug-likeness (QED) is 0.839. The lowest BCUT2D eigenvalue weighted by atomic mass is 9.68. The second kappa shape index (κ2) is 5.28. The Morgan fingerprint density at radius 3 is 2.59 bits per heavy atom. The van der Waals surface area contributed by atoms with Gasteiger partial charge in [0.1, 0.15) is 0 Å². The summed E-state index contributed by atoms with van der Waals surface area (Å²) >= 11 is 6.12. The maximum absolute atomic E-state index is 6.12. The van der Waals surface area contributed by atoms with E-state index in [9.17, 15) is 0 Å². The van der Waals surface area contributed by atoms with Gasteiger partial charge in [-0.05, 0) is 44.5 Å². The van der Waals surface area contributed by atoms with Crippen LogP contribution >= 0.6 is 11.6 Å². The van der Waals surface area contributed by atoms with E-state index in [2.05, 4.69) is 22.8 Å². The predicted molar refractivity (Wildman–Crippen MR) is 74.9 cm³/mol. The summed E-state index contributed by atoms with van der Waals surface area (Å²) in [5.74, 6) is 0. The number of nitrogens with one attached hydrogen (secondary N) is 2. The molecule has 0 amide bonds. The molecule has 17 heavy (non-hydrogen) atoms. The monoisotopic (exact) mass is 252 g/mol. The number of hydrogen-bond donors (Lipinski definition) is 2. The third-order valence-electron chi connectivity index (χ3n) is 3.81. The van der Waals surface area contributed by atoms with Crippen LogP contribution in [0.2, 0.25) is 5.02 Å². The minimum absolute atomic E-state index is 0.451. The highest BCUT2D eigenvalue weighted by Gasteiger charge is 2.35. The summed E-state index contributed by atoms with van der Waals surface area (Å²) in [6.07, 6.45) is 4.00. The highest BCUT2D eigenvalue weighted by atomic mass is 35.5. The molecule has 0 aliphatic heterocycles. The van der Waals surface area contributed by atoms with Crippen molar-refractivity contribution in [1.29, 1.82) is 0 Å². The summed E-state index contributed by atoms with van der Waals surface area (Å²) in [5, 5.41) is 7.66. The van der Waals surface area contributed by atoms with E-state index < -0.39 is 0 Å². The SMILES string of the molecule is CNCC1(CNc2ccc(C)c(Cl)c2)CCC1. The maximum atomic E-state index is 6.12. The molecule has 1 aliphatic rings. The molecule has 0 radical (unpaired) electrons. The largest absolute Gasteiger partial charge is 0.384 e. The molecule has 0 saturated heterocycles. The van der Waals surface area contributed by atoms with Crippen molar-refractivity contribution in [3.63, 3.8) is 0 Å². The Labute approximate surface area is 109 Å². The van der Waals surface area contributed by atoms with Crippen LogP contribution in [-0.4, -0.2) is 20.1 Å². The Hall–Kier alpha value is -0.730. The van der Waals surface area contributed by atoms with Gasteiger partial charge in [0.05, 0.1) is 0 Å². The van der Waals surface area contributed by atoms with Crippen molar-refractivity contribution < 1.29 is 0 Å². The molecule has 2 N–H and O–H groups in total. The zero-order valence-electron chi connectivity index (χ0n) is 10.6. The van der Waals surface area contributed by atoms with Gasteiger partial charge in [-0.1, -0.05) is 24.1 Å². The van der Waals surface area contributed by atoms with Gasteiger partial charge < -0.3 is 10.6 Å². The number of aryl methyl sites for hydroxylation is 1. The van der Waals surface area contributed by atoms with Crippen molar-refractivity contribution in [3.05, 3.63) is 28.8 Å². The zero-order chi connectivity index (χ0) is 12.3. The van der Waals surface area contributed by atoms with Gasteiger partial charge in [0.25, 0.3) is 0 Å². The third kappa shape index (κ3) is 2.93. The van der Waals surface area contributed by atoms with E-state index in [-0.39, 0.29) is 0 Å². The van der Waals surface area contributed by atoms with Crippen LogP contribution in [0.1, 0.15) is 24.8 Å². The van der Waals surface area contributed by atoms with Crippen molar-refractivity contribution >= 4 is 17.3 Å². The Balaban J connectivity index is 1.94. The summed E-state index contributed by atoms with van der Waals surface area (Å²) in [7, 11) is 2.03. The molecule has 0 spiro atoms. The predicted octanol–water partition coefficient (Wildman–Crippen LogP) is 3.45. The van der Waals surface area contributed by atoms with Crippen LogP contribution in [0.4, 0.5) is 5.69 Å². The van der Waals surface area contributed by atoms with Crippen LogP contribution in [0.5, 0.6) is 0 Å². The number of anilines is 1. The molecular weight excluding hydrogens is 232 g/mol. The van der Waals surface area contributed by atoms with Crippen molar-refractivity contribution in [2.45, 2.75) is 26.2 Å². The first-order valence-electron chi connectivity index (χ1n) is 6.30. The average molecular weight is 253 g/mol. The van der Waals surface area contributed by atoms with E-state index in [1.54, 1.807) is 0 Å². The maximum Gasteiger partial charge on any atom is 0.0455 e. The van der Waals surface area contributed by atoms with E-state index in [0.29, 0.717) is 5.41 Å². The van der Waals surface area contributed by atoms with Crippen molar-refractivity contribution in [3.8, 4) is 0 Å². The molecule has 1 aromatic rings. The van der Waals surface area contributed by atoms with Gasteiger partial charge in [0, 0.05) is 29.2 Å². The molecule has 1 fully saturated rings. The normalized spacial score (nSPS) is 17.6. The highest BCUT2D eigenvalue weighted by Crippen LogP contribution is 2.40. The van der Waals surface area contributed by atoms with Crippen molar-refractivity contribution in [2.75, 3.05) is 25.5 Å². The molecule has 94 valence electrons. The first kappa shape index (κ1) is 12.7. The number of benzene rings is 1. The summed E-state index contributed by atoms with van der Waals surface area (Å²) in [6, 6.07) is 6.19. The summed E-state index contributed by atoms with van der Waals surface area (Å²) < 4.78 is 0. The molecule has 2 nitrogen and oxygen atoms in total. The van der Waals surface area contributed by atoms with Gasteiger partial charge in [-0.15, -0.1) is 0 Å². The highest BCUT2D eigenvalue weighted by molar-refractivity contribution is 6.31. The van der Waals surface area contributed by atoms with E-state index >= 15 is 0 Å². The fourth-order valence-electron chi connectivity index (χ4n) is 2.46. The van der Waals surface area contributed by atoms with Gasteiger partial charge in [-0.25, -0.2) is 0 Å². The summed E-state index contributed by atoms with van der Waals surface area (Å²) in [5.41, 5.74) is 2.71. The first-order chi connectivity index (χ1) is 8.15. The first-order valence-corrected chi connectivity index (χ1v) is 6.68. The van der Waals surface area contributed by atoms with Crippen molar-refractivity contribution in [2.24, 2.45) is 5.41 Å². The van der Waals surface area contributed by atoms with Gasteiger partial charge in [0.15, 0.2) is 0 Å². The standard InChI is InChI=1S/C14H21ClN2/c1-11-4-5-12(8-13(11)15)17-10-14(9-16-2)6-3-7-14/h4-5,8,16-17H,3,6-7,9-10H2,1-2H3. The second-order valence-electron chi connectivity index (χ2n) is 5.20. The fraction of sp³-hybridized carbons (Fsp3) is 0.571. The second-order valence-corrected chi connectivity index (χ2v) is 5.61. The summed E-state index contributed by atoms with van der Waals surface area (Å²) in [6.45, 7) is 4.16. The average Bonchev–Trinajstić information content (AvgIpc) is 2.26. The topological polar surface area (TPSA) is 24.1 Å². The van der Waals surface area contributed by atoms with Crippen LogP contribution in [0.15, 0.2) is 18.2 Å². The molecular formula is C14H21ClN2. The number of halogens is 1. The Morgan fingerprint density at radius 2 is 2.06 bits per heavy atom. The van der Waals surface area contributed by atoms with Crippen LogP contribution in [-0.2, 0) is 0 Å². The lowest BCUT2D eigenvalue weighted by molar-refractivity contribution is 0.151. The molecule has 0 atom stereocenters. The van der Waals surface area contributed by atoms with E-state index in [0.717, 1.165) is 29.4 Å². The smallest absolute Gasteiger partial charge is 0.0455 e. The van der Waals surface area contributed by atoms with Crippen LogP contribution in [0, 0.1) is 12.3 Å². The van der Waals surface area contributed by atoms with Crippen LogP contribution < -0.4 is 10.6 Å². The molecule has 0 heterocycles. The molecule has 3 heteroatoms. The third-order valence-corrected chi connectivity index (χ3v) is 4.21. The molecule has 0 aromatic heterocycles. The van der Waals surface area contributed by atoms with E-state index in [4.69, 9.17) is 11.6 Å². The van der Waals surface area contributed by atoms with Crippen LogP contribution in [0.25, 0.3) is 0 Å². The van der Waals surface area contributed by atoms with Gasteiger partial charge in [-0.2, -0.15) is 0 Å². The minimum atomic E-state index is 0.451. The molecule has 1 aliphatic carbocycles. The fourth-order valence-corrected chi connectivity index (χ4v) is 2.64. The molecule has 1 saturated carbocycles. The molecule has 0 unspecified atom stereocenters. The van der Waals surface area contributed by atoms with Gasteiger partial charge >= 0.3 is 0 Å². The Morgan fingerprint density at radius 1 is 1.29 bits per heavy atom. The summed E-state index contributed by atoms with van der Waals surface area (Å²) in [4.78, 5) is 0. The lowest BCUT2D eigenvalue weighted by Gasteiger charge is -2.42.